The Hall–Kier alpha value is -0.890. The van der Waals surface area contributed by atoms with Crippen LogP contribution >= 0.6 is 27.3 Å². The van der Waals surface area contributed by atoms with Crippen molar-refractivity contribution in [2.24, 2.45) is 5.84 Å². The van der Waals surface area contributed by atoms with Gasteiger partial charge in [0.05, 0.1) is 11.6 Å². The second-order valence-electron chi connectivity index (χ2n) is 4.26. The molecule has 1 unspecified atom stereocenters. The fourth-order valence-corrected chi connectivity index (χ4v) is 3.17. The van der Waals surface area contributed by atoms with Crippen LogP contribution in [0, 0.1) is 6.92 Å². The summed E-state index contributed by atoms with van der Waals surface area (Å²) in [5.74, 6) is 5.49. The number of hydrogen-bond acceptors (Lipinski definition) is 3. The summed E-state index contributed by atoms with van der Waals surface area (Å²) >= 11 is 4.55. The number of nitrogens with two attached hydrogens (primary N) is 1. The lowest BCUT2D eigenvalue weighted by atomic mass is 9.95. The summed E-state index contributed by atoms with van der Waals surface area (Å²) in [5.41, 5.74) is 2.66. The highest BCUT2D eigenvalue weighted by molar-refractivity contribution is 9.10. The minimum atomic E-state index is -4.43. The molecule has 0 aliphatic rings. The molecule has 7 heteroatoms. The molecule has 3 N–H and O–H groups in total. The first-order valence-corrected chi connectivity index (χ1v) is 7.38. The zero-order valence-corrected chi connectivity index (χ0v) is 12.9. The Kier molecular flexibility index (Phi) is 4.53. The molecule has 20 heavy (non-hydrogen) atoms. The number of aryl methyl sites for hydroxylation is 1. The van der Waals surface area contributed by atoms with E-state index in [1.54, 1.807) is 12.1 Å². The molecule has 2 rings (SSSR count). The van der Waals surface area contributed by atoms with Gasteiger partial charge in [0.25, 0.3) is 0 Å². The number of hydrogen-bond donors (Lipinski definition) is 2. The van der Waals surface area contributed by atoms with Gasteiger partial charge in [-0.15, -0.1) is 11.3 Å². The van der Waals surface area contributed by atoms with E-state index >= 15 is 0 Å². The van der Waals surface area contributed by atoms with E-state index in [0.29, 0.717) is 4.47 Å². The molecule has 2 nitrogen and oxygen atoms in total. The predicted octanol–water partition coefficient (Wildman–Crippen LogP) is 4.39. The average Bonchev–Trinajstić information content (AvgIpc) is 2.77. The third kappa shape index (κ3) is 3.06. The van der Waals surface area contributed by atoms with E-state index in [1.807, 2.05) is 12.3 Å². The Morgan fingerprint density at radius 2 is 1.95 bits per heavy atom. The predicted molar refractivity (Wildman–Crippen MR) is 77.4 cm³/mol. The number of thiophene rings is 1. The van der Waals surface area contributed by atoms with E-state index in [-0.39, 0.29) is 5.56 Å². The molecule has 1 aromatic heterocycles. The highest BCUT2D eigenvalue weighted by atomic mass is 79.9. The van der Waals surface area contributed by atoms with Gasteiger partial charge >= 0.3 is 6.18 Å². The minimum Gasteiger partial charge on any atom is -0.271 e. The topological polar surface area (TPSA) is 38.0 Å². The highest BCUT2D eigenvalue weighted by Crippen LogP contribution is 2.39. The van der Waals surface area contributed by atoms with Crippen LogP contribution in [-0.2, 0) is 6.18 Å². The van der Waals surface area contributed by atoms with Gasteiger partial charge in [0.15, 0.2) is 0 Å². The maximum absolute atomic E-state index is 13.2. The molecule has 0 saturated heterocycles. The van der Waals surface area contributed by atoms with Crippen molar-refractivity contribution in [3.63, 3.8) is 0 Å². The lowest BCUT2D eigenvalue weighted by molar-refractivity contribution is -0.138. The van der Waals surface area contributed by atoms with E-state index in [4.69, 9.17) is 5.84 Å². The summed E-state index contributed by atoms with van der Waals surface area (Å²) in [7, 11) is 0. The molecule has 1 aromatic carbocycles. The molecule has 1 heterocycles. The first-order valence-electron chi connectivity index (χ1n) is 5.71. The van der Waals surface area contributed by atoms with E-state index < -0.39 is 17.8 Å². The standard InChI is InChI=1S/C13H12BrF3N2S/c1-7-9(4-5-20-7)12(19-18)10-3-2-8(14)6-11(10)13(15,16)17/h2-6,12,19H,18H2,1H3. The monoisotopic (exact) mass is 364 g/mol. The van der Waals surface area contributed by atoms with Crippen molar-refractivity contribution < 1.29 is 13.2 Å². The maximum Gasteiger partial charge on any atom is 0.416 e. The lowest BCUT2D eigenvalue weighted by Gasteiger charge is -2.21. The van der Waals surface area contributed by atoms with E-state index in [1.165, 1.54) is 17.4 Å². The van der Waals surface area contributed by atoms with Crippen molar-refractivity contribution in [3.8, 4) is 0 Å². The van der Waals surface area contributed by atoms with E-state index in [9.17, 15) is 13.2 Å². The fraction of sp³-hybridized carbons (Fsp3) is 0.231. The molecule has 0 saturated carbocycles. The molecule has 0 fully saturated rings. The van der Waals surface area contributed by atoms with Crippen LogP contribution in [0.4, 0.5) is 13.2 Å². The molecular formula is C13H12BrF3N2S. The second kappa shape index (κ2) is 5.85. The van der Waals surface area contributed by atoms with Crippen LogP contribution in [0.2, 0.25) is 0 Å². The number of nitrogens with one attached hydrogen (secondary N) is 1. The van der Waals surface area contributed by atoms with Crippen molar-refractivity contribution in [1.82, 2.24) is 5.43 Å². The Balaban J connectivity index is 2.59. The molecule has 0 bridgehead atoms. The lowest BCUT2D eigenvalue weighted by Crippen LogP contribution is -2.30. The summed E-state index contributed by atoms with van der Waals surface area (Å²) in [6.07, 6.45) is -4.43. The molecule has 2 aromatic rings. The van der Waals surface area contributed by atoms with Gasteiger partial charge in [-0.3, -0.25) is 5.84 Å². The third-order valence-corrected chi connectivity index (χ3v) is 4.36. The van der Waals surface area contributed by atoms with Gasteiger partial charge in [-0.25, -0.2) is 5.43 Å². The first-order chi connectivity index (χ1) is 9.34. The molecule has 0 amide bonds. The van der Waals surface area contributed by atoms with Crippen molar-refractivity contribution in [2.45, 2.75) is 19.1 Å². The SMILES string of the molecule is Cc1sccc1C(NN)c1ccc(Br)cc1C(F)(F)F. The zero-order chi connectivity index (χ0) is 14.9. The van der Waals surface area contributed by atoms with Gasteiger partial charge in [-0.2, -0.15) is 13.2 Å². The molecule has 0 spiro atoms. The highest BCUT2D eigenvalue weighted by Gasteiger charge is 2.36. The molecule has 0 radical (unpaired) electrons. The fourth-order valence-electron chi connectivity index (χ4n) is 2.07. The molecular weight excluding hydrogens is 353 g/mol. The second-order valence-corrected chi connectivity index (χ2v) is 6.30. The summed E-state index contributed by atoms with van der Waals surface area (Å²) < 4.78 is 39.9. The Bertz CT molecular complexity index is 610. The third-order valence-electron chi connectivity index (χ3n) is 3.01. The zero-order valence-electron chi connectivity index (χ0n) is 10.5. The summed E-state index contributed by atoms with van der Waals surface area (Å²) in [5, 5.41) is 1.83. The van der Waals surface area contributed by atoms with E-state index in [2.05, 4.69) is 21.4 Å². The van der Waals surface area contributed by atoms with Crippen LogP contribution < -0.4 is 11.3 Å². The van der Waals surface area contributed by atoms with Gasteiger partial charge in [0.1, 0.15) is 0 Å². The van der Waals surface area contributed by atoms with Gasteiger partial charge in [-0.05, 0) is 41.6 Å². The van der Waals surface area contributed by atoms with Crippen molar-refractivity contribution in [3.05, 3.63) is 55.7 Å². The van der Waals surface area contributed by atoms with Crippen molar-refractivity contribution in [2.75, 3.05) is 0 Å². The Labute approximate surface area is 126 Å². The first kappa shape index (κ1) is 15.5. The molecule has 0 aliphatic carbocycles. The van der Waals surface area contributed by atoms with Crippen molar-refractivity contribution in [1.29, 1.82) is 0 Å². The number of benzene rings is 1. The van der Waals surface area contributed by atoms with Crippen LogP contribution in [0.1, 0.15) is 27.6 Å². The van der Waals surface area contributed by atoms with Crippen LogP contribution in [0.5, 0.6) is 0 Å². The van der Waals surface area contributed by atoms with Gasteiger partial charge < -0.3 is 0 Å². The number of halogens is 4. The van der Waals surface area contributed by atoms with Gasteiger partial charge in [-0.1, -0.05) is 22.0 Å². The van der Waals surface area contributed by atoms with Crippen LogP contribution in [-0.4, -0.2) is 0 Å². The van der Waals surface area contributed by atoms with Crippen LogP contribution in [0.3, 0.4) is 0 Å². The van der Waals surface area contributed by atoms with Gasteiger partial charge in [0, 0.05) is 9.35 Å². The van der Waals surface area contributed by atoms with Crippen LogP contribution in [0.15, 0.2) is 34.1 Å². The van der Waals surface area contributed by atoms with Crippen LogP contribution in [0.25, 0.3) is 0 Å². The summed E-state index contributed by atoms with van der Waals surface area (Å²) in [6, 6.07) is 5.19. The Morgan fingerprint density at radius 3 is 2.45 bits per heavy atom. The Morgan fingerprint density at radius 1 is 1.25 bits per heavy atom. The summed E-state index contributed by atoms with van der Waals surface area (Å²) in [4.78, 5) is 0.934. The van der Waals surface area contributed by atoms with E-state index in [0.717, 1.165) is 16.5 Å². The van der Waals surface area contributed by atoms with Crippen molar-refractivity contribution >= 4 is 27.3 Å². The largest absolute Gasteiger partial charge is 0.416 e. The number of hydrazine groups is 1. The quantitative estimate of drug-likeness (QED) is 0.626. The minimum absolute atomic E-state index is 0.115. The molecule has 0 aliphatic heterocycles. The molecule has 1 atom stereocenters. The van der Waals surface area contributed by atoms with Gasteiger partial charge in [0.2, 0.25) is 0 Å². The number of rotatable bonds is 3. The molecule has 108 valence electrons. The summed E-state index contributed by atoms with van der Waals surface area (Å²) in [6.45, 7) is 1.86. The smallest absolute Gasteiger partial charge is 0.271 e. The average molecular weight is 365 g/mol. The number of alkyl halides is 3. The maximum atomic E-state index is 13.2. The normalized spacial score (nSPS) is 13.5.